The molecule has 0 spiro atoms. The lowest BCUT2D eigenvalue weighted by molar-refractivity contribution is 0.364. The van der Waals surface area contributed by atoms with Gasteiger partial charge in [-0.15, -0.1) is 0 Å². The van der Waals surface area contributed by atoms with Gasteiger partial charge < -0.3 is 31.0 Å². The Balaban J connectivity index is 0. The normalized spacial score (nSPS) is 11.9. The maximum absolute atomic E-state index is 10.3. The Morgan fingerprint density at radius 3 is 1.12 bits per heavy atom. The molecule has 0 saturated heterocycles. The average molecular weight is 292 g/mol. The van der Waals surface area contributed by atoms with Gasteiger partial charge in [-0.2, -0.15) is 0 Å². The molecule has 0 atom stereocenters. The third-order valence-corrected chi connectivity index (χ3v) is 3.35. The van der Waals surface area contributed by atoms with Gasteiger partial charge in [0.2, 0.25) is 0 Å². The van der Waals surface area contributed by atoms with E-state index in [-0.39, 0.29) is 25.2 Å². The molecule has 0 heterocycles. The molecule has 8 nitrogen and oxygen atoms in total. The molecular weight excluding hydrogens is 270 g/mol. The van der Waals surface area contributed by atoms with Crippen LogP contribution in [-0.2, 0) is 9.13 Å². The van der Waals surface area contributed by atoms with Gasteiger partial charge in [0.25, 0.3) is 0 Å². The van der Waals surface area contributed by atoms with Gasteiger partial charge in [0.15, 0.2) is 0 Å². The highest BCUT2D eigenvalue weighted by Crippen LogP contribution is 2.38. The average Bonchev–Trinajstić information content (AvgIpc) is 2.12. The molecule has 0 radical (unpaired) electrons. The Morgan fingerprint density at radius 2 is 1.00 bits per heavy atom. The predicted octanol–water partition coefficient (Wildman–Crippen LogP) is -0.584. The van der Waals surface area contributed by atoms with Crippen molar-refractivity contribution >= 4 is 15.2 Å². The number of unbranched alkanes of at least 4 members (excludes halogenated alkanes) is 1. The number of nitrogens with two attached hydrogens (primary N) is 2. The Bertz CT molecular complexity index is 237. The first-order valence-corrected chi connectivity index (χ1v) is 8.71. The second-order valence-electron chi connectivity index (χ2n) is 3.41. The lowest BCUT2D eigenvalue weighted by atomic mass is 10.4. The summed E-state index contributed by atoms with van der Waals surface area (Å²) in [6, 6.07) is 0. The first-order chi connectivity index (χ1) is 7.62. The van der Waals surface area contributed by atoms with Gasteiger partial charge in [-0.25, -0.2) is 0 Å². The van der Waals surface area contributed by atoms with E-state index < -0.39 is 15.2 Å². The zero-order valence-corrected chi connectivity index (χ0v) is 11.4. The largest absolute Gasteiger partial charge is 0.330 e. The van der Waals surface area contributed by atoms with E-state index in [1.165, 1.54) is 0 Å². The molecule has 0 aromatic carbocycles. The SMILES string of the molecule is NCCCN.O=P(O)(O)CCCCP(=O)(O)O. The minimum atomic E-state index is -4.00. The first-order valence-electron chi connectivity index (χ1n) is 5.11. The fourth-order valence-electron chi connectivity index (χ4n) is 0.753. The molecule has 0 unspecified atom stereocenters. The zero-order valence-electron chi connectivity index (χ0n) is 9.60. The molecule has 106 valence electrons. The van der Waals surface area contributed by atoms with Gasteiger partial charge >= 0.3 is 15.2 Å². The minimum absolute atomic E-state index is 0.134. The standard InChI is InChI=1S/C4H12O6P2.C3H10N2/c5-11(6,7)3-1-2-4-12(8,9)10;4-2-1-3-5/h1-4H2,(H2,5,6,7)(H2,8,9,10);1-5H2. The molecule has 0 rings (SSSR count). The van der Waals surface area contributed by atoms with Crippen LogP contribution < -0.4 is 11.5 Å². The van der Waals surface area contributed by atoms with Crippen LogP contribution in [0.15, 0.2) is 0 Å². The lowest BCUT2D eigenvalue weighted by Gasteiger charge is -2.04. The highest BCUT2D eigenvalue weighted by atomic mass is 31.2. The highest BCUT2D eigenvalue weighted by Gasteiger charge is 2.15. The molecule has 0 aromatic heterocycles. The van der Waals surface area contributed by atoms with E-state index in [1.54, 1.807) is 0 Å². The topological polar surface area (TPSA) is 167 Å². The van der Waals surface area contributed by atoms with Crippen LogP contribution in [0.2, 0.25) is 0 Å². The molecule has 0 fully saturated rings. The van der Waals surface area contributed by atoms with Gasteiger partial charge in [-0.3, -0.25) is 9.13 Å². The molecule has 8 N–H and O–H groups in total. The summed E-state index contributed by atoms with van der Waals surface area (Å²) in [5, 5.41) is 0. The van der Waals surface area contributed by atoms with Crippen LogP contribution >= 0.6 is 15.2 Å². The number of hydrogen-bond donors (Lipinski definition) is 6. The summed E-state index contributed by atoms with van der Waals surface area (Å²) in [6.45, 7) is 1.44. The summed E-state index contributed by atoms with van der Waals surface area (Å²) in [6.07, 6.45) is 0.588. The minimum Gasteiger partial charge on any atom is -0.330 e. The van der Waals surface area contributed by atoms with Gasteiger partial charge in [0.1, 0.15) is 0 Å². The fraction of sp³-hybridized carbons (Fsp3) is 1.00. The van der Waals surface area contributed by atoms with Crippen molar-refractivity contribution in [2.75, 3.05) is 25.4 Å². The highest BCUT2D eigenvalue weighted by molar-refractivity contribution is 7.52. The van der Waals surface area contributed by atoms with Crippen molar-refractivity contribution in [2.45, 2.75) is 19.3 Å². The van der Waals surface area contributed by atoms with Gasteiger partial charge in [-0.05, 0) is 32.4 Å². The molecule has 0 aliphatic carbocycles. The third-order valence-electron chi connectivity index (χ3n) is 1.56. The molecule has 0 bridgehead atoms. The van der Waals surface area contributed by atoms with E-state index in [0.717, 1.165) is 19.5 Å². The van der Waals surface area contributed by atoms with Crippen molar-refractivity contribution in [3.63, 3.8) is 0 Å². The predicted molar refractivity (Wildman–Crippen MR) is 65.8 cm³/mol. The maximum atomic E-state index is 10.3. The van der Waals surface area contributed by atoms with Crippen LogP contribution in [0.3, 0.4) is 0 Å². The third kappa shape index (κ3) is 26.1. The van der Waals surface area contributed by atoms with Crippen molar-refractivity contribution in [1.29, 1.82) is 0 Å². The Morgan fingerprint density at radius 1 is 0.706 bits per heavy atom. The lowest BCUT2D eigenvalue weighted by Crippen LogP contribution is -2.06. The van der Waals surface area contributed by atoms with Crippen molar-refractivity contribution in [1.82, 2.24) is 0 Å². The molecule has 0 aliphatic rings. The molecule has 10 heteroatoms. The first kappa shape index (κ1) is 19.6. The van der Waals surface area contributed by atoms with Crippen LogP contribution in [0.5, 0.6) is 0 Å². The van der Waals surface area contributed by atoms with Crippen LogP contribution in [0.25, 0.3) is 0 Å². The molecule has 0 saturated carbocycles. The van der Waals surface area contributed by atoms with E-state index in [2.05, 4.69) is 0 Å². The molecule has 0 amide bonds. The summed E-state index contributed by atoms with van der Waals surface area (Å²) in [7, 11) is -8.00. The smallest absolute Gasteiger partial charge is 0.325 e. The summed E-state index contributed by atoms with van der Waals surface area (Å²) >= 11 is 0. The number of hydrogen-bond acceptors (Lipinski definition) is 4. The van der Waals surface area contributed by atoms with Gasteiger partial charge in [-0.1, -0.05) is 0 Å². The summed E-state index contributed by atoms with van der Waals surface area (Å²) in [5.74, 6) is 0. The number of rotatable bonds is 7. The molecule has 17 heavy (non-hydrogen) atoms. The Hall–Kier alpha value is 0.220. The van der Waals surface area contributed by atoms with E-state index in [0.29, 0.717) is 0 Å². The quantitative estimate of drug-likeness (QED) is 0.267. The Kier molecular flexibility index (Phi) is 11.7. The van der Waals surface area contributed by atoms with E-state index in [1.807, 2.05) is 0 Å². The van der Waals surface area contributed by atoms with Crippen LogP contribution in [0, 0.1) is 0 Å². The monoisotopic (exact) mass is 292 g/mol. The van der Waals surface area contributed by atoms with Crippen LogP contribution in [0.4, 0.5) is 0 Å². The van der Waals surface area contributed by atoms with Crippen LogP contribution in [-0.4, -0.2) is 45.0 Å². The zero-order chi connectivity index (χ0) is 13.9. The van der Waals surface area contributed by atoms with E-state index in [4.69, 9.17) is 31.0 Å². The maximum Gasteiger partial charge on any atom is 0.325 e. The van der Waals surface area contributed by atoms with Gasteiger partial charge in [0.05, 0.1) is 0 Å². The second kappa shape index (κ2) is 10.2. The van der Waals surface area contributed by atoms with Crippen molar-refractivity contribution in [3.05, 3.63) is 0 Å². The second-order valence-corrected chi connectivity index (χ2v) is 6.97. The van der Waals surface area contributed by atoms with Gasteiger partial charge in [0, 0.05) is 12.3 Å². The molecule has 0 aliphatic heterocycles. The molecule has 0 aromatic rings. The van der Waals surface area contributed by atoms with Crippen molar-refractivity contribution in [2.24, 2.45) is 11.5 Å². The van der Waals surface area contributed by atoms with E-state index >= 15 is 0 Å². The van der Waals surface area contributed by atoms with E-state index in [9.17, 15) is 9.13 Å². The summed E-state index contributed by atoms with van der Waals surface area (Å²) < 4.78 is 20.5. The van der Waals surface area contributed by atoms with Crippen molar-refractivity contribution < 1.29 is 28.7 Å². The Labute approximate surface area is 101 Å². The molecular formula is C7H22N2O6P2. The van der Waals surface area contributed by atoms with Crippen molar-refractivity contribution in [3.8, 4) is 0 Å². The fourth-order valence-corrected chi connectivity index (χ4v) is 2.02. The van der Waals surface area contributed by atoms with Crippen LogP contribution in [0.1, 0.15) is 19.3 Å². The summed E-state index contributed by atoms with van der Waals surface area (Å²) in [4.78, 5) is 33.5. The summed E-state index contributed by atoms with van der Waals surface area (Å²) in [5.41, 5.74) is 10.1.